The molecule has 1 saturated heterocycles. The number of anilines is 1. The molecule has 0 atom stereocenters. The highest BCUT2D eigenvalue weighted by Gasteiger charge is 2.18. The van der Waals surface area contributed by atoms with Crippen LogP contribution in [0.15, 0.2) is 65.7 Å². The number of rotatable bonds is 2. The highest BCUT2D eigenvalue weighted by molar-refractivity contribution is 5.95. The van der Waals surface area contributed by atoms with Crippen molar-refractivity contribution < 1.29 is 4.57 Å². The Morgan fingerprint density at radius 2 is 1.62 bits per heavy atom. The quantitative estimate of drug-likeness (QED) is 0.532. The lowest BCUT2D eigenvalue weighted by Gasteiger charge is -2.17. The normalized spacial score (nSPS) is 14.9. The summed E-state index contributed by atoms with van der Waals surface area (Å²) in [5, 5.41) is 2.17. The molecule has 4 heteroatoms. The maximum absolute atomic E-state index is 12.9. The molecule has 0 radical (unpaired) electrons. The Bertz CT molecular complexity index is 1080. The third-order valence-electron chi connectivity index (χ3n) is 5.02. The molecule has 1 aliphatic rings. The van der Waals surface area contributed by atoms with E-state index in [0.717, 1.165) is 35.1 Å². The summed E-state index contributed by atoms with van der Waals surface area (Å²) in [6, 6.07) is 16.4. The summed E-state index contributed by atoms with van der Waals surface area (Å²) in [5.74, 6) is 0. The van der Waals surface area contributed by atoms with Gasteiger partial charge in [-0.2, -0.15) is 13.8 Å². The summed E-state index contributed by atoms with van der Waals surface area (Å²) in [4.78, 5) is 15.3. The zero-order valence-corrected chi connectivity index (χ0v) is 13.4. The van der Waals surface area contributed by atoms with Gasteiger partial charge in [-0.3, -0.25) is 0 Å². The molecular formula is C20H18N3O+. The largest absolute Gasteiger partial charge is 0.508 e. The van der Waals surface area contributed by atoms with Gasteiger partial charge in [0.1, 0.15) is 18.1 Å². The Labute approximate surface area is 139 Å². The first-order valence-electron chi connectivity index (χ1n) is 8.45. The second-order valence-electron chi connectivity index (χ2n) is 6.46. The van der Waals surface area contributed by atoms with Crippen LogP contribution in [0.5, 0.6) is 0 Å². The average Bonchev–Trinajstić information content (AvgIpc) is 3.29. The van der Waals surface area contributed by atoms with E-state index in [0.29, 0.717) is 0 Å². The van der Waals surface area contributed by atoms with Crippen molar-refractivity contribution >= 4 is 22.0 Å². The van der Waals surface area contributed by atoms with E-state index in [-0.39, 0.29) is 5.69 Å². The molecule has 0 aliphatic carbocycles. The molecule has 0 spiro atoms. The second-order valence-corrected chi connectivity index (χ2v) is 6.46. The number of aromatic nitrogens is 2. The van der Waals surface area contributed by atoms with E-state index in [1.807, 2.05) is 42.7 Å². The molecule has 1 aliphatic heterocycles. The summed E-state index contributed by atoms with van der Waals surface area (Å²) in [6.45, 7) is 2.26. The zero-order valence-electron chi connectivity index (χ0n) is 13.4. The minimum absolute atomic E-state index is 0.0300. The van der Waals surface area contributed by atoms with Crippen LogP contribution in [0.1, 0.15) is 12.8 Å². The van der Waals surface area contributed by atoms with Crippen LogP contribution in [-0.4, -0.2) is 17.5 Å². The minimum Gasteiger partial charge on any atom is -0.372 e. The van der Waals surface area contributed by atoms with E-state index in [1.54, 1.807) is 8.97 Å². The van der Waals surface area contributed by atoms with Gasteiger partial charge in [-0.05, 0) is 49.2 Å². The highest BCUT2D eigenvalue weighted by Crippen LogP contribution is 2.21. The molecule has 3 heterocycles. The molecule has 0 amide bonds. The van der Waals surface area contributed by atoms with E-state index in [1.165, 1.54) is 18.5 Å². The van der Waals surface area contributed by atoms with Crippen molar-refractivity contribution in [2.24, 2.45) is 0 Å². The Hall–Kier alpha value is -2.88. The average molecular weight is 316 g/mol. The topological polar surface area (TPSA) is 28.6 Å². The molecule has 5 rings (SSSR count). The van der Waals surface area contributed by atoms with Crippen molar-refractivity contribution in [1.29, 1.82) is 0 Å². The zero-order chi connectivity index (χ0) is 16.1. The first-order chi connectivity index (χ1) is 11.8. The Balaban J connectivity index is 1.66. The van der Waals surface area contributed by atoms with Gasteiger partial charge in [-0.25, -0.2) is 0 Å². The first-order valence-corrected chi connectivity index (χ1v) is 8.45. The van der Waals surface area contributed by atoms with Crippen molar-refractivity contribution in [2.45, 2.75) is 12.8 Å². The molecule has 0 unspecified atom stereocenters. The standard InChI is InChI=1S/C20H18N3O/c24-20-22-13-10-15-4-3-5-16(19(15)22)14-23(20)18-8-6-17(7-9-18)21-11-1-2-12-21/h3-10,13-14H,1-2,11-12H2/q+1. The van der Waals surface area contributed by atoms with Crippen molar-refractivity contribution in [2.75, 3.05) is 18.0 Å². The predicted octanol–water partition coefficient (Wildman–Crippen LogP) is 2.77. The fourth-order valence-corrected chi connectivity index (χ4v) is 3.78. The third kappa shape index (κ3) is 1.92. The monoisotopic (exact) mass is 316 g/mol. The molecule has 24 heavy (non-hydrogen) atoms. The lowest BCUT2D eigenvalue weighted by Crippen LogP contribution is -2.50. The lowest BCUT2D eigenvalue weighted by atomic mass is 10.2. The Kier molecular flexibility index (Phi) is 2.86. The minimum atomic E-state index is -0.0300. The van der Waals surface area contributed by atoms with Gasteiger partial charge >= 0.3 is 5.69 Å². The SMILES string of the molecule is O=c1n2ccc3cccc(c[n+]1-c1ccc(N4CCCC4)cc1)c32. The van der Waals surface area contributed by atoms with Crippen LogP contribution in [0, 0.1) is 0 Å². The Morgan fingerprint density at radius 1 is 0.875 bits per heavy atom. The van der Waals surface area contributed by atoms with Crippen LogP contribution in [0.25, 0.3) is 22.0 Å². The van der Waals surface area contributed by atoms with Gasteiger partial charge in [0, 0.05) is 24.2 Å². The lowest BCUT2D eigenvalue weighted by molar-refractivity contribution is -0.614. The fraction of sp³-hybridized carbons (Fsp3) is 0.200. The summed E-state index contributed by atoms with van der Waals surface area (Å²) < 4.78 is 3.47. The number of nitrogens with zero attached hydrogens (tertiary/aromatic N) is 3. The molecule has 0 N–H and O–H groups in total. The third-order valence-corrected chi connectivity index (χ3v) is 5.02. The number of hydrogen-bond acceptors (Lipinski definition) is 2. The van der Waals surface area contributed by atoms with E-state index < -0.39 is 0 Å². The summed E-state index contributed by atoms with van der Waals surface area (Å²) in [7, 11) is 0. The van der Waals surface area contributed by atoms with Crippen molar-refractivity contribution in [3.8, 4) is 5.69 Å². The summed E-state index contributed by atoms with van der Waals surface area (Å²) >= 11 is 0. The maximum atomic E-state index is 12.9. The van der Waals surface area contributed by atoms with Gasteiger partial charge in [-0.15, -0.1) is 0 Å². The van der Waals surface area contributed by atoms with Gasteiger partial charge in [0.2, 0.25) is 0 Å². The molecule has 1 fully saturated rings. The van der Waals surface area contributed by atoms with Crippen LogP contribution >= 0.6 is 0 Å². The second kappa shape index (κ2) is 5.06. The molecule has 2 aromatic carbocycles. The summed E-state index contributed by atoms with van der Waals surface area (Å²) in [6.07, 6.45) is 6.33. The smallest absolute Gasteiger partial charge is 0.372 e. The van der Waals surface area contributed by atoms with Gasteiger partial charge in [0.05, 0.1) is 5.39 Å². The number of hydrogen-bond donors (Lipinski definition) is 0. The Morgan fingerprint density at radius 3 is 2.42 bits per heavy atom. The highest BCUT2D eigenvalue weighted by atomic mass is 16.1. The molecule has 2 aromatic heterocycles. The number of para-hydroxylation sites is 1. The molecule has 0 bridgehead atoms. The van der Waals surface area contributed by atoms with Crippen LogP contribution in [0.2, 0.25) is 0 Å². The van der Waals surface area contributed by atoms with Gasteiger partial charge in [0.25, 0.3) is 0 Å². The maximum Gasteiger partial charge on any atom is 0.508 e. The predicted molar refractivity (Wildman–Crippen MR) is 95.3 cm³/mol. The fourth-order valence-electron chi connectivity index (χ4n) is 3.78. The van der Waals surface area contributed by atoms with Crippen LogP contribution in [-0.2, 0) is 0 Å². The molecule has 4 aromatic rings. The van der Waals surface area contributed by atoms with Gasteiger partial charge in [0.15, 0.2) is 5.52 Å². The first kappa shape index (κ1) is 13.5. The molecule has 118 valence electrons. The van der Waals surface area contributed by atoms with Crippen molar-refractivity contribution in [3.05, 3.63) is 71.4 Å². The van der Waals surface area contributed by atoms with E-state index >= 15 is 0 Å². The van der Waals surface area contributed by atoms with Gasteiger partial charge in [-0.1, -0.05) is 12.1 Å². The molecular weight excluding hydrogens is 298 g/mol. The summed E-state index contributed by atoms with van der Waals surface area (Å²) in [5.41, 5.74) is 3.11. The van der Waals surface area contributed by atoms with Crippen molar-refractivity contribution in [3.63, 3.8) is 0 Å². The van der Waals surface area contributed by atoms with Gasteiger partial charge < -0.3 is 4.90 Å². The molecule has 4 nitrogen and oxygen atoms in total. The van der Waals surface area contributed by atoms with E-state index in [9.17, 15) is 4.79 Å². The van der Waals surface area contributed by atoms with E-state index in [2.05, 4.69) is 23.1 Å². The molecule has 0 saturated carbocycles. The van der Waals surface area contributed by atoms with E-state index in [4.69, 9.17) is 0 Å². The number of benzene rings is 2. The van der Waals surface area contributed by atoms with Crippen LogP contribution in [0.3, 0.4) is 0 Å². The van der Waals surface area contributed by atoms with Crippen LogP contribution < -0.4 is 15.2 Å². The van der Waals surface area contributed by atoms with Crippen molar-refractivity contribution in [1.82, 2.24) is 4.40 Å². The van der Waals surface area contributed by atoms with Crippen LogP contribution in [0.4, 0.5) is 5.69 Å².